The van der Waals surface area contributed by atoms with E-state index in [1.165, 1.54) is 0 Å². The summed E-state index contributed by atoms with van der Waals surface area (Å²) in [4.78, 5) is 11.7. The summed E-state index contributed by atoms with van der Waals surface area (Å²) < 4.78 is 10.0. The minimum atomic E-state index is -1.41. The third-order valence-electron chi connectivity index (χ3n) is 3.03. The number of fused-ring (bicyclic) bond motifs is 1. The highest BCUT2D eigenvalue weighted by molar-refractivity contribution is 5.81. The molecule has 0 amide bonds. The summed E-state index contributed by atoms with van der Waals surface area (Å²) in [7, 11) is 1.59. The SMILES string of the molecule is CCOC(=O)C1(O)Cc2ccc(OC)cc2C1. The number of hydrogen-bond donors (Lipinski definition) is 1. The van der Waals surface area contributed by atoms with E-state index >= 15 is 0 Å². The Morgan fingerprint density at radius 2 is 2.12 bits per heavy atom. The molecule has 0 aliphatic heterocycles. The van der Waals surface area contributed by atoms with Crippen LogP contribution >= 0.6 is 0 Å². The summed E-state index contributed by atoms with van der Waals surface area (Å²) in [6.45, 7) is 2.01. The number of carbonyl (C=O) groups excluding carboxylic acids is 1. The van der Waals surface area contributed by atoms with Crippen molar-refractivity contribution >= 4 is 5.97 Å². The fraction of sp³-hybridized carbons (Fsp3) is 0.462. The van der Waals surface area contributed by atoms with Crippen LogP contribution in [0.3, 0.4) is 0 Å². The topological polar surface area (TPSA) is 55.8 Å². The maximum atomic E-state index is 11.7. The largest absolute Gasteiger partial charge is 0.497 e. The Balaban J connectivity index is 2.23. The molecule has 4 heteroatoms. The third-order valence-corrected chi connectivity index (χ3v) is 3.03. The number of rotatable bonds is 3. The van der Waals surface area contributed by atoms with E-state index in [0.29, 0.717) is 12.8 Å². The van der Waals surface area contributed by atoms with Gasteiger partial charge in [0.1, 0.15) is 5.75 Å². The zero-order chi connectivity index (χ0) is 12.5. The lowest BCUT2D eigenvalue weighted by Crippen LogP contribution is -2.40. The summed E-state index contributed by atoms with van der Waals surface area (Å²) in [5.74, 6) is 0.187. The predicted molar refractivity (Wildman–Crippen MR) is 62.0 cm³/mol. The average molecular weight is 236 g/mol. The van der Waals surface area contributed by atoms with Crippen LogP contribution in [0.1, 0.15) is 18.1 Å². The van der Waals surface area contributed by atoms with E-state index in [1.54, 1.807) is 14.0 Å². The standard InChI is InChI=1S/C13H16O4/c1-3-17-12(14)13(15)7-9-4-5-11(16-2)6-10(9)8-13/h4-6,15H,3,7-8H2,1-2H3. The molecule has 92 valence electrons. The molecule has 0 fully saturated rings. The van der Waals surface area contributed by atoms with Gasteiger partial charge in [-0.25, -0.2) is 4.79 Å². The van der Waals surface area contributed by atoms with Gasteiger partial charge in [-0.2, -0.15) is 0 Å². The number of esters is 1. The molecule has 4 nitrogen and oxygen atoms in total. The van der Waals surface area contributed by atoms with Gasteiger partial charge in [0.15, 0.2) is 5.60 Å². The lowest BCUT2D eigenvalue weighted by molar-refractivity contribution is -0.163. The molecule has 0 bridgehead atoms. The number of ether oxygens (including phenoxy) is 2. The maximum Gasteiger partial charge on any atom is 0.338 e. The molecule has 1 N–H and O–H groups in total. The van der Waals surface area contributed by atoms with Crippen LogP contribution in [-0.4, -0.2) is 30.4 Å². The molecular weight excluding hydrogens is 220 g/mol. The van der Waals surface area contributed by atoms with Crippen LogP contribution in [0.15, 0.2) is 18.2 Å². The molecule has 2 rings (SSSR count). The van der Waals surface area contributed by atoms with Crippen LogP contribution in [0, 0.1) is 0 Å². The van der Waals surface area contributed by atoms with Crippen LogP contribution in [0.2, 0.25) is 0 Å². The highest BCUT2D eigenvalue weighted by atomic mass is 16.5. The summed E-state index contributed by atoms with van der Waals surface area (Å²) in [6.07, 6.45) is 0.601. The average Bonchev–Trinajstić information content (AvgIpc) is 2.65. The van der Waals surface area contributed by atoms with Crippen molar-refractivity contribution in [2.75, 3.05) is 13.7 Å². The van der Waals surface area contributed by atoms with Gasteiger partial charge in [-0.05, 0) is 30.2 Å². The van der Waals surface area contributed by atoms with Crippen molar-refractivity contribution in [2.24, 2.45) is 0 Å². The first-order valence-corrected chi connectivity index (χ1v) is 5.64. The first-order valence-electron chi connectivity index (χ1n) is 5.64. The van der Waals surface area contributed by atoms with E-state index in [0.717, 1.165) is 16.9 Å². The lowest BCUT2D eigenvalue weighted by atomic mass is 10.0. The Morgan fingerprint density at radius 1 is 1.41 bits per heavy atom. The van der Waals surface area contributed by atoms with Crippen molar-refractivity contribution in [3.63, 3.8) is 0 Å². The Kier molecular flexibility index (Phi) is 3.07. The molecule has 0 radical (unpaired) electrons. The second-order valence-corrected chi connectivity index (χ2v) is 4.24. The summed E-state index contributed by atoms with van der Waals surface area (Å²) in [6, 6.07) is 5.56. The molecule has 0 spiro atoms. The van der Waals surface area contributed by atoms with E-state index in [9.17, 15) is 9.90 Å². The number of hydrogen-bond acceptors (Lipinski definition) is 4. The molecule has 0 heterocycles. The molecule has 1 aliphatic rings. The van der Waals surface area contributed by atoms with E-state index in [4.69, 9.17) is 9.47 Å². The zero-order valence-corrected chi connectivity index (χ0v) is 10.0. The van der Waals surface area contributed by atoms with Gasteiger partial charge in [0.05, 0.1) is 13.7 Å². The van der Waals surface area contributed by atoms with Gasteiger partial charge in [-0.1, -0.05) is 6.07 Å². The Hall–Kier alpha value is -1.55. The van der Waals surface area contributed by atoms with Crippen molar-refractivity contribution in [3.05, 3.63) is 29.3 Å². The number of aliphatic hydroxyl groups is 1. The monoisotopic (exact) mass is 236 g/mol. The molecule has 0 saturated carbocycles. The van der Waals surface area contributed by atoms with Crippen LogP contribution < -0.4 is 4.74 Å². The molecule has 0 aromatic heterocycles. The minimum absolute atomic E-state index is 0.279. The van der Waals surface area contributed by atoms with Crippen LogP contribution in [0.4, 0.5) is 0 Å². The van der Waals surface area contributed by atoms with Gasteiger partial charge in [0.2, 0.25) is 0 Å². The fourth-order valence-corrected chi connectivity index (χ4v) is 2.17. The molecule has 1 aliphatic carbocycles. The van der Waals surface area contributed by atoms with E-state index in [2.05, 4.69) is 0 Å². The van der Waals surface area contributed by atoms with Gasteiger partial charge in [0.25, 0.3) is 0 Å². The van der Waals surface area contributed by atoms with Gasteiger partial charge < -0.3 is 14.6 Å². The van der Waals surface area contributed by atoms with Crippen molar-refractivity contribution in [3.8, 4) is 5.75 Å². The smallest absolute Gasteiger partial charge is 0.338 e. The van der Waals surface area contributed by atoms with Crippen LogP contribution in [0.5, 0.6) is 5.75 Å². The minimum Gasteiger partial charge on any atom is -0.497 e. The number of carbonyl (C=O) groups is 1. The van der Waals surface area contributed by atoms with Gasteiger partial charge in [-0.3, -0.25) is 0 Å². The van der Waals surface area contributed by atoms with Crippen molar-refractivity contribution in [1.82, 2.24) is 0 Å². The number of methoxy groups -OCH3 is 1. The predicted octanol–water partition coefficient (Wildman–Crippen LogP) is 1.09. The maximum absolute atomic E-state index is 11.7. The molecule has 0 saturated heterocycles. The third kappa shape index (κ3) is 2.13. The van der Waals surface area contributed by atoms with Gasteiger partial charge in [0, 0.05) is 12.8 Å². The normalized spacial score (nSPS) is 22.1. The first-order chi connectivity index (χ1) is 8.09. The molecule has 1 unspecified atom stereocenters. The molecule has 1 aromatic rings. The summed E-state index contributed by atoms with van der Waals surface area (Å²) in [5, 5.41) is 10.3. The van der Waals surface area contributed by atoms with Crippen molar-refractivity contribution in [2.45, 2.75) is 25.4 Å². The Morgan fingerprint density at radius 3 is 2.76 bits per heavy atom. The molecular formula is C13H16O4. The zero-order valence-electron chi connectivity index (χ0n) is 10.0. The molecule has 17 heavy (non-hydrogen) atoms. The Labute approximate surface area is 100 Å². The van der Waals surface area contributed by atoms with E-state index < -0.39 is 11.6 Å². The quantitative estimate of drug-likeness (QED) is 0.798. The van der Waals surface area contributed by atoms with Crippen LogP contribution in [-0.2, 0) is 22.4 Å². The van der Waals surface area contributed by atoms with Crippen molar-refractivity contribution < 1.29 is 19.4 Å². The van der Waals surface area contributed by atoms with Crippen LogP contribution in [0.25, 0.3) is 0 Å². The highest BCUT2D eigenvalue weighted by Gasteiger charge is 2.43. The second kappa shape index (κ2) is 4.37. The Bertz CT molecular complexity index is 441. The second-order valence-electron chi connectivity index (χ2n) is 4.24. The first kappa shape index (κ1) is 11.9. The van der Waals surface area contributed by atoms with E-state index in [1.807, 2.05) is 18.2 Å². The fourth-order valence-electron chi connectivity index (χ4n) is 2.17. The van der Waals surface area contributed by atoms with Gasteiger partial charge in [-0.15, -0.1) is 0 Å². The summed E-state index contributed by atoms with van der Waals surface area (Å²) >= 11 is 0. The van der Waals surface area contributed by atoms with E-state index in [-0.39, 0.29) is 6.61 Å². The molecule has 1 atom stereocenters. The van der Waals surface area contributed by atoms with Gasteiger partial charge >= 0.3 is 5.97 Å². The highest BCUT2D eigenvalue weighted by Crippen LogP contribution is 2.33. The lowest BCUT2D eigenvalue weighted by Gasteiger charge is -2.19. The summed E-state index contributed by atoms with van der Waals surface area (Å²) in [5.41, 5.74) is 0.506. The molecule has 1 aromatic carbocycles. The number of benzene rings is 1. The van der Waals surface area contributed by atoms with Crippen molar-refractivity contribution in [1.29, 1.82) is 0 Å².